The van der Waals surface area contributed by atoms with E-state index in [2.05, 4.69) is 6.92 Å². The molecule has 0 aliphatic heterocycles. The summed E-state index contributed by atoms with van der Waals surface area (Å²) in [6.07, 6.45) is 3.58. The summed E-state index contributed by atoms with van der Waals surface area (Å²) in [7, 11) is -3.16. The monoisotopic (exact) mass is 327 g/mol. The summed E-state index contributed by atoms with van der Waals surface area (Å²) in [4.78, 5) is 1.97. The van der Waals surface area contributed by atoms with Gasteiger partial charge in [-0.2, -0.15) is 0 Å². The van der Waals surface area contributed by atoms with Crippen molar-refractivity contribution in [2.45, 2.75) is 46.3 Å². The molecule has 114 valence electrons. The Hall–Kier alpha value is 0.390. The molecular weight excluding hydrogens is 301 g/mol. The highest BCUT2D eigenvalue weighted by Crippen LogP contribution is 2.56. The van der Waals surface area contributed by atoms with Crippen molar-refractivity contribution < 1.29 is 13.6 Å². The molecule has 1 unspecified atom stereocenters. The van der Waals surface area contributed by atoms with Crippen LogP contribution in [0.2, 0.25) is 0 Å². The highest BCUT2D eigenvalue weighted by Gasteiger charge is 2.39. The lowest BCUT2D eigenvalue weighted by Gasteiger charge is -2.36. The minimum Gasteiger partial charge on any atom is -0.343 e. The summed E-state index contributed by atoms with van der Waals surface area (Å²) < 4.78 is 24.7. The van der Waals surface area contributed by atoms with Crippen LogP contribution in [-0.4, -0.2) is 41.0 Å². The van der Waals surface area contributed by atoms with Crippen LogP contribution in [0.4, 0.5) is 0 Å². The summed E-state index contributed by atoms with van der Waals surface area (Å²) in [6.45, 7) is 9.19. The molecule has 0 radical (unpaired) electrons. The first-order valence-corrected chi connectivity index (χ1v) is 9.98. The Balaban J connectivity index is 5.32. The molecule has 0 bridgehead atoms. The Morgan fingerprint density at radius 1 is 1.26 bits per heavy atom. The van der Waals surface area contributed by atoms with Gasteiger partial charge in [0.2, 0.25) is 0 Å². The fraction of sp³-hybridized carbons (Fsp3) is 0.917. The Bertz CT molecular complexity index is 305. The Labute approximate surface area is 127 Å². The van der Waals surface area contributed by atoms with E-state index in [1.165, 1.54) is 11.8 Å². The fourth-order valence-electron chi connectivity index (χ4n) is 1.89. The zero-order chi connectivity index (χ0) is 14.9. The smallest absolute Gasteiger partial charge is 0.343 e. The third-order valence-electron chi connectivity index (χ3n) is 2.64. The molecule has 0 fully saturated rings. The molecule has 0 rings (SSSR count). The predicted octanol–water partition coefficient (Wildman–Crippen LogP) is 4.35. The first kappa shape index (κ1) is 19.4. The summed E-state index contributed by atoms with van der Waals surface area (Å²) in [6, 6.07) is 0. The van der Waals surface area contributed by atoms with Crippen molar-refractivity contribution in [2.75, 3.05) is 26.0 Å². The van der Waals surface area contributed by atoms with Gasteiger partial charge in [0, 0.05) is 6.54 Å². The average molecular weight is 327 g/mol. The molecule has 0 aromatic heterocycles. The first-order chi connectivity index (χ1) is 9.00. The van der Waals surface area contributed by atoms with Crippen molar-refractivity contribution in [2.24, 2.45) is 0 Å². The quantitative estimate of drug-likeness (QED) is 0.463. The van der Waals surface area contributed by atoms with E-state index < -0.39 is 7.60 Å². The molecule has 0 aromatic rings. The molecule has 1 atom stereocenters. The minimum absolute atomic E-state index is 0.289. The molecule has 0 saturated heterocycles. The van der Waals surface area contributed by atoms with Crippen molar-refractivity contribution in [3.63, 3.8) is 0 Å². The van der Waals surface area contributed by atoms with Crippen molar-refractivity contribution in [3.05, 3.63) is 0 Å². The van der Waals surface area contributed by atoms with Gasteiger partial charge in [0.15, 0.2) is 0 Å². The molecule has 0 N–H and O–H groups in total. The number of hydrogen-bond donors (Lipinski definition) is 0. The van der Waals surface area contributed by atoms with Crippen LogP contribution in [0.1, 0.15) is 40.5 Å². The maximum Gasteiger partial charge on any atom is 0.352 e. The summed E-state index contributed by atoms with van der Waals surface area (Å²) in [5.41, 5.74) is 0. The van der Waals surface area contributed by atoms with Crippen molar-refractivity contribution in [1.82, 2.24) is 4.90 Å². The van der Waals surface area contributed by atoms with E-state index in [1.54, 1.807) is 0 Å². The van der Waals surface area contributed by atoms with Crippen LogP contribution in [0.5, 0.6) is 0 Å². The van der Waals surface area contributed by atoms with Gasteiger partial charge in [0.1, 0.15) is 10.1 Å². The normalized spacial score (nSPS) is 13.3. The zero-order valence-corrected chi connectivity index (χ0v) is 15.1. The number of hydrogen-bond acceptors (Lipinski definition) is 5. The van der Waals surface area contributed by atoms with Gasteiger partial charge in [-0.05, 0) is 33.4 Å². The van der Waals surface area contributed by atoms with Gasteiger partial charge in [-0.25, -0.2) is 0 Å². The van der Waals surface area contributed by atoms with Crippen LogP contribution in [-0.2, 0) is 13.6 Å². The number of nitrogens with zero attached hydrogens (tertiary/aromatic N) is 1. The van der Waals surface area contributed by atoms with Crippen LogP contribution < -0.4 is 0 Å². The molecule has 0 aliphatic rings. The Kier molecular flexibility index (Phi) is 10.4. The molecule has 0 aromatic carbocycles. The van der Waals surface area contributed by atoms with Gasteiger partial charge in [-0.1, -0.05) is 25.6 Å². The summed E-state index contributed by atoms with van der Waals surface area (Å²) >= 11 is 6.85. The number of thiocarbonyl (C=S) groups is 1. The van der Waals surface area contributed by atoms with Crippen molar-refractivity contribution in [3.8, 4) is 0 Å². The van der Waals surface area contributed by atoms with Crippen LogP contribution >= 0.6 is 31.6 Å². The second kappa shape index (κ2) is 10.2. The second-order valence-electron chi connectivity index (χ2n) is 3.90. The molecule has 0 aliphatic carbocycles. The van der Waals surface area contributed by atoms with Crippen LogP contribution in [0.25, 0.3) is 0 Å². The maximum atomic E-state index is 13.0. The van der Waals surface area contributed by atoms with Gasteiger partial charge < -0.3 is 13.9 Å². The molecule has 19 heavy (non-hydrogen) atoms. The van der Waals surface area contributed by atoms with Gasteiger partial charge >= 0.3 is 7.60 Å². The van der Waals surface area contributed by atoms with E-state index >= 15 is 0 Å². The Morgan fingerprint density at radius 2 is 1.79 bits per heavy atom. The lowest BCUT2D eigenvalue weighted by atomic mass is 10.3. The third-order valence-corrected chi connectivity index (χ3v) is 6.46. The third kappa shape index (κ3) is 5.72. The van der Waals surface area contributed by atoms with Crippen molar-refractivity contribution in [1.29, 1.82) is 0 Å². The molecule has 0 amide bonds. The summed E-state index contributed by atoms with van der Waals surface area (Å²) in [5, 5.41) is 0. The first-order valence-electron chi connectivity index (χ1n) is 6.73. The van der Waals surface area contributed by atoms with Crippen LogP contribution in [0.15, 0.2) is 0 Å². The van der Waals surface area contributed by atoms with E-state index in [9.17, 15) is 4.57 Å². The molecule has 7 heteroatoms. The standard InChI is InChI=1S/C12H26NO3PS2/c1-6-10-11(13(7-2)12(18)19-5)17(14,15-8-3)16-9-4/h11H,6-10H2,1-5H3. The maximum absolute atomic E-state index is 13.0. The topological polar surface area (TPSA) is 38.8 Å². The molecule has 0 spiro atoms. The largest absolute Gasteiger partial charge is 0.352 e. The van der Waals surface area contributed by atoms with Gasteiger partial charge in [-0.15, -0.1) is 11.8 Å². The zero-order valence-electron chi connectivity index (χ0n) is 12.5. The minimum atomic E-state index is -3.16. The Morgan fingerprint density at radius 3 is 2.11 bits per heavy atom. The number of rotatable bonds is 9. The lowest BCUT2D eigenvalue weighted by molar-refractivity contribution is 0.189. The highest BCUT2D eigenvalue weighted by molar-refractivity contribution is 8.22. The van der Waals surface area contributed by atoms with E-state index in [0.29, 0.717) is 19.8 Å². The van der Waals surface area contributed by atoms with E-state index in [4.69, 9.17) is 21.3 Å². The lowest BCUT2D eigenvalue weighted by Crippen LogP contribution is -2.38. The highest BCUT2D eigenvalue weighted by atomic mass is 32.2. The van der Waals surface area contributed by atoms with E-state index in [0.717, 1.165) is 17.2 Å². The second-order valence-corrected chi connectivity index (χ2v) is 7.53. The number of thioether (sulfide) groups is 1. The van der Waals surface area contributed by atoms with Gasteiger partial charge in [0.05, 0.1) is 13.2 Å². The SMILES string of the molecule is CCCC(N(CC)C(=S)SC)P(=O)(OCC)OCC. The van der Waals surface area contributed by atoms with Crippen molar-refractivity contribution >= 4 is 35.9 Å². The molecule has 0 saturated carbocycles. The molecule has 0 heterocycles. The summed E-state index contributed by atoms with van der Waals surface area (Å²) in [5.74, 6) is -0.289. The van der Waals surface area contributed by atoms with E-state index in [-0.39, 0.29) is 5.78 Å². The average Bonchev–Trinajstić information content (AvgIpc) is 2.38. The predicted molar refractivity (Wildman–Crippen MR) is 88.0 cm³/mol. The van der Waals surface area contributed by atoms with E-state index in [1.807, 2.05) is 31.9 Å². The molecule has 4 nitrogen and oxygen atoms in total. The van der Waals surface area contributed by atoms with Crippen LogP contribution in [0.3, 0.4) is 0 Å². The molecular formula is C12H26NO3PS2. The van der Waals surface area contributed by atoms with Gasteiger partial charge in [0.25, 0.3) is 0 Å². The van der Waals surface area contributed by atoms with Crippen LogP contribution in [0, 0.1) is 0 Å². The van der Waals surface area contributed by atoms with Gasteiger partial charge in [-0.3, -0.25) is 4.57 Å². The fourth-order valence-corrected chi connectivity index (χ4v) is 5.13.